The lowest BCUT2D eigenvalue weighted by atomic mass is 9.85. The van der Waals surface area contributed by atoms with E-state index in [0.717, 1.165) is 18.2 Å². The molecule has 1 atom stereocenters. The molecular formula is C21H33NO3. The molecule has 0 amide bonds. The number of hydrogen-bond donors (Lipinski definition) is 2. The van der Waals surface area contributed by atoms with Gasteiger partial charge in [0.25, 0.3) is 0 Å². The van der Waals surface area contributed by atoms with E-state index >= 15 is 0 Å². The maximum Gasteiger partial charge on any atom is 0.123 e. The molecule has 2 aliphatic rings. The third-order valence-electron chi connectivity index (χ3n) is 5.71. The first-order chi connectivity index (χ1) is 12.2. The van der Waals surface area contributed by atoms with Crippen molar-refractivity contribution in [3.05, 3.63) is 29.8 Å². The average Bonchev–Trinajstić information content (AvgIpc) is 2.61. The van der Waals surface area contributed by atoms with E-state index in [0.29, 0.717) is 25.9 Å². The molecule has 2 fully saturated rings. The fraction of sp³-hybridized carbons (Fsp3) is 0.714. The van der Waals surface area contributed by atoms with Crippen LogP contribution < -0.4 is 10.1 Å². The summed E-state index contributed by atoms with van der Waals surface area (Å²) in [6, 6.07) is 8.74. The minimum absolute atomic E-state index is 0.117. The van der Waals surface area contributed by atoms with Crippen molar-refractivity contribution in [2.45, 2.75) is 58.0 Å². The highest BCUT2D eigenvalue weighted by Crippen LogP contribution is 2.30. The van der Waals surface area contributed by atoms with Gasteiger partial charge in [0.2, 0.25) is 0 Å². The summed E-state index contributed by atoms with van der Waals surface area (Å²) in [7, 11) is 0. The van der Waals surface area contributed by atoms with Gasteiger partial charge in [-0.25, -0.2) is 0 Å². The topological polar surface area (TPSA) is 50.7 Å². The largest absolute Gasteiger partial charge is 0.492 e. The van der Waals surface area contributed by atoms with Crippen molar-refractivity contribution in [1.29, 1.82) is 0 Å². The molecule has 0 aromatic heterocycles. The van der Waals surface area contributed by atoms with Gasteiger partial charge < -0.3 is 19.9 Å². The molecule has 1 saturated heterocycles. The third-order valence-corrected chi connectivity index (χ3v) is 5.71. The molecule has 1 aromatic carbocycles. The van der Waals surface area contributed by atoms with Crippen molar-refractivity contribution >= 4 is 0 Å². The SMILES string of the molecule is CC(CC1CCCCC1)NCc1ccccc1OCC1(CO)COC1. The third kappa shape index (κ3) is 5.19. The van der Waals surface area contributed by atoms with E-state index in [4.69, 9.17) is 9.47 Å². The van der Waals surface area contributed by atoms with Gasteiger partial charge in [0.15, 0.2) is 0 Å². The van der Waals surface area contributed by atoms with Crippen LogP contribution in [0.5, 0.6) is 5.75 Å². The maximum atomic E-state index is 9.54. The molecule has 140 valence electrons. The van der Waals surface area contributed by atoms with Crippen molar-refractivity contribution in [2.24, 2.45) is 11.3 Å². The Morgan fingerprint density at radius 1 is 1.24 bits per heavy atom. The van der Waals surface area contributed by atoms with Crippen molar-refractivity contribution in [1.82, 2.24) is 5.32 Å². The number of aliphatic hydroxyl groups is 1. The fourth-order valence-corrected chi connectivity index (χ4v) is 3.92. The monoisotopic (exact) mass is 347 g/mol. The van der Waals surface area contributed by atoms with E-state index in [1.807, 2.05) is 12.1 Å². The van der Waals surface area contributed by atoms with Crippen LogP contribution in [-0.4, -0.2) is 37.6 Å². The van der Waals surface area contributed by atoms with Gasteiger partial charge in [-0.1, -0.05) is 50.3 Å². The Bertz CT molecular complexity index is 518. The minimum atomic E-state index is -0.213. The summed E-state index contributed by atoms with van der Waals surface area (Å²) in [6.45, 7) is 4.92. The number of ether oxygens (including phenoxy) is 2. The summed E-state index contributed by atoms with van der Waals surface area (Å²) >= 11 is 0. The first-order valence-electron chi connectivity index (χ1n) is 9.83. The highest BCUT2D eigenvalue weighted by molar-refractivity contribution is 5.33. The normalized spacial score (nSPS) is 21.5. The van der Waals surface area contributed by atoms with Crippen molar-refractivity contribution in [3.63, 3.8) is 0 Å². The smallest absolute Gasteiger partial charge is 0.123 e. The molecule has 4 heteroatoms. The summed E-state index contributed by atoms with van der Waals surface area (Å²) in [4.78, 5) is 0. The van der Waals surface area contributed by atoms with Crippen LogP contribution in [0, 0.1) is 11.3 Å². The second kappa shape index (κ2) is 9.02. The number of aliphatic hydroxyl groups excluding tert-OH is 1. The molecule has 0 bridgehead atoms. The zero-order chi connectivity index (χ0) is 17.5. The predicted octanol–water partition coefficient (Wildman–Crippen LogP) is 3.52. The number of benzene rings is 1. The van der Waals surface area contributed by atoms with E-state index in [1.54, 1.807) is 0 Å². The van der Waals surface area contributed by atoms with Crippen molar-refractivity contribution < 1.29 is 14.6 Å². The van der Waals surface area contributed by atoms with Gasteiger partial charge in [0, 0.05) is 18.2 Å². The second-order valence-electron chi connectivity index (χ2n) is 8.07. The van der Waals surface area contributed by atoms with Crippen LogP contribution >= 0.6 is 0 Å². The molecule has 3 rings (SSSR count). The molecule has 1 heterocycles. The van der Waals surface area contributed by atoms with Crippen LogP contribution in [-0.2, 0) is 11.3 Å². The molecule has 1 aliphatic carbocycles. The average molecular weight is 347 g/mol. The van der Waals surface area contributed by atoms with Gasteiger partial charge in [-0.3, -0.25) is 0 Å². The Morgan fingerprint density at radius 2 is 2.00 bits per heavy atom. The van der Waals surface area contributed by atoms with E-state index in [1.165, 1.54) is 44.1 Å². The van der Waals surface area contributed by atoms with Gasteiger partial charge in [-0.05, 0) is 25.3 Å². The zero-order valence-corrected chi connectivity index (χ0v) is 15.5. The number of rotatable bonds is 9. The summed E-state index contributed by atoms with van der Waals surface area (Å²) in [6.07, 6.45) is 8.31. The first-order valence-corrected chi connectivity index (χ1v) is 9.83. The Labute approximate surface area is 151 Å². The van der Waals surface area contributed by atoms with E-state index < -0.39 is 0 Å². The lowest BCUT2D eigenvalue weighted by Crippen LogP contribution is -2.50. The molecule has 4 nitrogen and oxygen atoms in total. The Kier molecular flexibility index (Phi) is 6.74. The van der Waals surface area contributed by atoms with Crippen molar-refractivity contribution in [2.75, 3.05) is 26.4 Å². The zero-order valence-electron chi connectivity index (χ0n) is 15.5. The summed E-state index contributed by atoms with van der Waals surface area (Å²) in [5.74, 6) is 1.81. The highest BCUT2D eigenvalue weighted by atomic mass is 16.5. The van der Waals surface area contributed by atoms with Crippen LogP contribution in [0.3, 0.4) is 0 Å². The van der Waals surface area contributed by atoms with Gasteiger partial charge in [0.05, 0.1) is 25.2 Å². The van der Waals surface area contributed by atoms with Crippen LogP contribution in [0.15, 0.2) is 24.3 Å². The Hall–Kier alpha value is -1.10. The first kappa shape index (κ1) is 18.7. The molecule has 1 aliphatic heterocycles. The van der Waals surface area contributed by atoms with Crippen LogP contribution in [0.4, 0.5) is 0 Å². The fourth-order valence-electron chi connectivity index (χ4n) is 3.92. The quantitative estimate of drug-likeness (QED) is 0.718. The minimum Gasteiger partial charge on any atom is -0.492 e. The molecular weight excluding hydrogens is 314 g/mol. The van der Waals surface area contributed by atoms with Crippen LogP contribution in [0.25, 0.3) is 0 Å². The Balaban J connectivity index is 1.48. The molecule has 0 radical (unpaired) electrons. The lowest BCUT2D eigenvalue weighted by Gasteiger charge is -2.39. The molecule has 1 unspecified atom stereocenters. The van der Waals surface area contributed by atoms with Gasteiger partial charge >= 0.3 is 0 Å². The summed E-state index contributed by atoms with van der Waals surface area (Å²) < 4.78 is 11.3. The standard InChI is InChI=1S/C21H33NO3/c1-17(11-18-7-3-2-4-8-18)22-12-19-9-5-6-10-20(19)25-16-21(13-23)14-24-15-21/h5-6,9-10,17-18,22-23H,2-4,7-8,11-16H2,1H3. The van der Waals surface area contributed by atoms with Gasteiger partial charge in [-0.15, -0.1) is 0 Å². The van der Waals surface area contributed by atoms with Gasteiger partial charge in [-0.2, -0.15) is 0 Å². The summed E-state index contributed by atoms with van der Waals surface area (Å²) in [5.41, 5.74) is 0.973. The number of nitrogens with one attached hydrogen (secondary N) is 1. The number of hydrogen-bond acceptors (Lipinski definition) is 4. The molecule has 1 saturated carbocycles. The van der Waals surface area contributed by atoms with Crippen LogP contribution in [0.1, 0.15) is 51.0 Å². The van der Waals surface area contributed by atoms with Gasteiger partial charge in [0.1, 0.15) is 12.4 Å². The van der Waals surface area contributed by atoms with E-state index in [-0.39, 0.29) is 12.0 Å². The molecule has 2 N–H and O–H groups in total. The second-order valence-corrected chi connectivity index (χ2v) is 8.07. The van der Waals surface area contributed by atoms with E-state index in [9.17, 15) is 5.11 Å². The van der Waals surface area contributed by atoms with Crippen molar-refractivity contribution in [3.8, 4) is 5.75 Å². The van der Waals surface area contributed by atoms with Crippen LogP contribution in [0.2, 0.25) is 0 Å². The summed E-state index contributed by atoms with van der Waals surface area (Å²) in [5, 5.41) is 13.2. The van der Waals surface area contributed by atoms with E-state index in [2.05, 4.69) is 24.4 Å². The number of para-hydroxylation sites is 1. The maximum absolute atomic E-state index is 9.54. The molecule has 1 aromatic rings. The lowest BCUT2D eigenvalue weighted by molar-refractivity contribution is -0.153. The molecule has 0 spiro atoms. The Morgan fingerprint density at radius 3 is 2.68 bits per heavy atom. The highest BCUT2D eigenvalue weighted by Gasteiger charge is 2.39. The molecule has 25 heavy (non-hydrogen) atoms. The predicted molar refractivity (Wildman–Crippen MR) is 99.8 cm³/mol.